The molecule has 2 atom stereocenters. The average Bonchev–Trinajstić information content (AvgIpc) is 1.87. The molecule has 0 aromatic carbocycles. The van der Waals surface area contributed by atoms with Gasteiger partial charge in [-0.05, 0) is 6.92 Å². The van der Waals surface area contributed by atoms with Crippen molar-refractivity contribution >= 4 is 19.7 Å². The van der Waals surface area contributed by atoms with Crippen LogP contribution in [0.3, 0.4) is 0 Å². The molecule has 0 aromatic rings. The lowest BCUT2D eigenvalue weighted by Crippen LogP contribution is -2.06. The van der Waals surface area contributed by atoms with Gasteiger partial charge in [-0.1, -0.05) is 0 Å². The standard InChI is InChI=1S/C3H8ClO5P/c1-3(8-4)9-10(5,6)7-2/h3H,1-2H3,(H,5,6). The van der Waals surface area contributed by atoms with Crippen molar-refractivity contribution in [3.8, 4) is 0 Å². The Labute approximate surface area is 63.6 Å². The summed E-state index contributed by atoms with van der Waals surface area (Å²) in [6.07, 6.45) is -0.975. The number of halogens is 1. The van der Waals surface area contributed by atoms with Gasteiger partial charge < -0.3 is 4.89 Å². The van der Waals surface area contributed by atoms with Gasteiger partial charge in [0.25, 0.3) is 0 Å². The summed E-state index contributed by atoms with van der Waals surface area (Å²) in [5.74, 6) is 0. The van der Waals surface area contributed by atoms with Gasteiger partial charge in [-0.25, -0.2) is 8.85 Å². The lowest BCUT2D eigenvalue weighted by atomic mass is 10.8. The highest BCUT2D eigenvalue weighted by Crippen LogP contribution is 2.43. The molecule has 2 unspecified atom stereocenters. The van der Waals surface area contributed by atoms with E-state index < -0.39 is 14.1 Å². The maximum atomic E-state index is 10.5. The summed E-state index contributed by atoms with van der Waals surface area (Å²) >= 11 is 4.80. The van der Waals surface area contributed by atoms with E-state index in [0.29, 0.717) is 0 Å². The van der Waals surface area contributed by atoms with E-state index in [0.717, 1.165) is 7.11 Å². The molecule has 0 spiro atoms. The second kappa shape index (κ2) is 4.28. The third kappa shape index (κ3) is 4.22. The van der Waals surface area contributed by atoms with Crippen molar-refractivity contribution in [2.75, 3.05) is 7.11 Å². The normalized spacial score (nSPS) is 20.0. The molecule has 0 aliphatic carbocycles. The second-order valence-electron chi connectivity index (χ2n) is 1.41. The zero-order valence-electron chi connectivity index (χ0n) is 5.48. The smallest absolute Gasteiger partial charge is 0.302 e. The van der Waals surface area contributed by atoms with Crippen molar-refractivity contribution in [2.24, 2.45) is 0 Å². The highest BCUT2D eigenvalue weighted by atomic mass is 35.5. The first-order valence-corrected chi connectivity index (χ1v) is 4.16. The van der Waals surface area contributed by atoms with E-state index in [1.807, 2.05) is 0 Å². The fraction of sp³-hybridized carbons (Fsp3) is 1.00. The van der Waals surface area contributed by atoms with Crippen LogP contribution in [0.2, 0.25) is 0 Å². The predicted octanol–water partition coefficient (Wildman–Crippen LogP) is 1.27. The number of rotatable bonds is 4. The molecule has 0 rings (SSSR count). The lowest BCUT2D eigenvalue weighted by molar-refractivity contribution is 0.00134. The van der Waals surface area contributed by atoms with Crippen LogP contribution in [0.15, 0.2) is 0 Å². The van der Waals surface area contributed by atoms with Crippen molar-refractivity contribution in [3.63, 3.8) is 0 Å². The van der Waals surface area contributed by atoms with Crippen LogP contribution in [0.4, 0.5) is 0 Å². The van der Waals surface area contributed by atoms with E-state index in [-0.39, 0.29) is 0 Å². The summed E-state index contributed by atoms with van der Waals surface area (Å²) in [6.45, 7) is 1.36. The molecule has 5 nitrogen and oxygen atoms in total. The molecule has 0 saturated heterocycles. The van der Waals surface area contributed by atoms with Crippen LogP contribution in [0.5, 0.6) is 0 Å². The molecule has 0 fully saturated rings. The van der Waals surface area contributed by atoms with E-state index in [1.54, 1.807) is 0 Å². The highest BCUT2D eigenvalue weighted by molar-refractivity contribution is 7.47. The molecular formula is C3H8ClO5P. The zero-order chi connectivity index (χ0) is 8.20. The maximum Gasteiger partial charge on any atom is 0.474 e. The Morgan fingerprint density at radius 2 is 2.20 bits per heavy atom. The molecular weight excluding hydrogens is 182 g/mol. The van der Waals surface area contributed by atoms with Crippen molar-refractivity contribution in [2.45, 2.75) is 13.2 Å². The van der Waals surface area contributed by atoms with Gasteiger partial charge in [-0.15, -0.1) is 0 Å². The van der Waals surface area contributed by atoms with E-state index in [1.165, 1.54) is 6.92 Å². The van der Waals surface area contributed by atoms with Crippen LogP contribution in [-0.2, 0) is 17.9 Å². The third-order valence-corrected chi connectivity index (χ3v) is 1.91. The molecule has 7 heteroatoms. The van der Waals surface area contributed by atoms with Crippen molar-refractivity contribution in [1.82, 2.24) is 0 Å². The lowest BCUT2D eigenvalue weighted by Gasteiger charge is -2.11. The van der Waals surface area contributed by atoms with Crippen LogP contribution in [0, 0.1) is 0 Å². The van der Waals surface area contributed by atoms with E-state index >= 15 is 0 Å². The molecule has 0 aromatic heterocycles. The molecule has 0 aliphatic heterocycles. The Hall–Kier alpha value is 0.360. The van der Waals surface area contributed by atoms with Gasteiger partial charge in [0, 0.05) is 7.11 Å². The van der Waals surface area contributed by atoms with E-state index in [4.69, 9.17) is 16.8 Å². The largest absolute Gasteiger partial charge is 0.474 e. The molecule has 0 radical (unpaired) electrons. The fourth-order valence-electron chi connectivity index (χ4n) is 0.247. The van der Waals surface area contributed by atoms with Crippen molar-refractivity contribution in [1.29, 1.82) is 0 Å². The third-order valence-electron chi connectivity index (χ3n) is 0.638. The highest BCUT2D eigenvalue weighted by Gasteiger charge is 2.22. The van der Waals surface area contributed by atoms with Gasteiger partial charge in [0.2, 0.25) is 0 Å². The number of phosphoric ester groups is 1. The Morgan fingerprint density at radius 1 is 1.70 bits per heavy atom. The van der Waals surface area contributed by atoms with Gasteiger partial charge in [-0.2, -0.15) is 0 Å². The van der Waals surface area contributed by atoms with Crippen LogP contribution < -0.4 is 0 Å². The zero-order valence-corrected chi connectivity index (χ0v) is 7.13. The fourth-order valence-corrected chi connectivity index (χ4v) is 0.838. The molecule has 0 amide bonds. The average molecular weight is 191 g/mol. The van der Waals surface area contributed by atoms with Crippen LogP contribution >= 0.6 is 19.7 Å². The van der Waals surface area contributed by atoms with E-state index in [9.17, 15) is 4.57 Å². The van der Waals surface area contributed by atoms with Crippen LogP contribution in [0.25, 0.3) is 0 Å². The van der Waals surface area contributed by atoms with Gasteiger partial charge in [0.15, 0.2) is 6.29 Å². The summed E-state index contributed by atoms with van der Waals surface area (Å²) < 4.78 is 22.9. The Bertz CT molecular complexity index is 139. The summed E-state index contributed by atoms with van der Waals surface area (Å²) in [4.78, 5) is 8.60. The summed E-state index contributed by atoms with van der Waals surface area (Å²) in [6, 6.07) is 0. The van der Waals surface area contributed by atoms with E-state index in [2.05, 4.69) is 13.3 Å². The van der Waals surface area contributed by atoms with Crippen molar-refractivity contribution in [3.05, 3.63) is 0 Å². The Balaban J connectivity index is 3.77. The minimum absolute atomic E-state index is 0.975. The monoisotopic (exact) mass is 190 g/mol. The SMILES string of the molecule is COP(=O)(O)OC(C)OCl. The molecule has 1 N–H and O–H groups in total. The quantitative estimate of drug-likeness (QED) is 0.534. The molecule has 0 saturated carbocycles. The molecule has 0 aliphatic rings. The van der Waals surface area contributed by atoms with Gasteiger partial charge >= 0.3 is 7.82 Å². The molecule has 0 bridgehead atoms. The molecule has 0 heterocycles. The van der Waals surface area contributed by atoms with Gasteiger partial charge in [0.1, 0.15) is 0 Å². The Kier molecular flexibility index (Phi) is 4.44. The van der Waals surface area contributed by atoms with Gasteiger partial charge in [0.05, 0.1) is 11.9 Å². The summed E-state index contributed by atoms with van der Waals surface area (Å²) in [5.41, 5.74) is 0. The first-order valence-electron chi connectivity index (χ1n) is 2.36. The second-order valence-corrected chi connectivity index (χ2v) is 3.10. The maximum absolute atomic E-state index is 10.5. The minimum atomic E-state index is -3.96. The number of hydrogen-bond donors (Lipinski definition) is 1. The number of hydrogen-bond acceptors (Lipinski definition) is 4. The predicted molar refractivity (Wildman–Crippen MR) is 34.3 cm³/mol. The topological polar surface area (TPSA) is 65.0 Å². The molecule has 10 heavy (non-hydrogen) atoms. The first-order chi connectivity index (χ1) is 4.52. The van der Waals surface area contributed by atoms with Crippen LogP contribution in [-0.4, -0.2) is 18.3 Å². The summed E-state index contributed by atoms with van der Waals surface area (Å²) in [5, 5.41) is 0. The molecule has 62 valence electrons. The minimum Gasteiger partial charge on any atom is -0.302 e. The summed E-state index contributed by atoms with van der Waals surface area (Å²) in [7, 11) is -2.91. The van der Waals surface area contributed by atoms with Crippen molar-refractivity contribution < 1.29 is 22.8 Å². The number of phosphoric acid groups is 1. The first kappa shape index (κ1) is 10.4. The van der Waals surface area contributed by atoms with Gasteiger partial charge in [-0.3, -0.25) is 9.05 Å². The Morgan fingerprint density at radius 3 is 2.50 bits per heavy atom. The van der Waals surface area contributed by atoms with Crippen LogP contribution in [0.1, 0.15) is 6.92 Å².